The molecule has 5 nitrogen and oxygen atoms in total. The second kappa shape index (κ2) is 3.44. The van der Waals surface area contributed by atoms with E-state index in [4.69, 9.17) is 5.73 Å². The first-order valence-corrected chi connectivity index (χ1v) is 3.45. The minimum absolute atomic E-state index is 0.578. The van der Waals surface area contributed by atoms with Crippen LogP contribution < -0.4 is 10.5 Å². The van der Waals surface area contributed by atoms with E-state index in [1.54, 1.807) is 0 Å². The number of ether oxygens (including phenoxy) is 1. The fraction of sp³-hybridized carbons (Fsp3) is 0.143. The van der Waals surface area contributed by atoms with E-state index < -0.39 is 33.7 Å². The van der Waals surface area contributed by atoms with Crippen LogP contribution in [0, 0.1) is 21.7 Å². The van der Waals surface area contributed by atoms with Crippen molar-refractivity contribution >= 4 is 11.4 Å². The van der Waals surface area contributed by atoms with Gasteiger partial charge in [-0.2, -0.15) is 4.39 Å². The third-order valence-electron chi connectivity index (χ3n) is 1.57. The van der Waals surface area contributed by atoms with Crippen LogP contribution in [0.2, 0.25) is 0 Å². The number of halogens is 2. The molecule has 0 bridgehead atoms. The topological polar surface area (TPSA) is 78.4 Å². The molecular formula is C7H6F2N2O3. The van der Waals surface area contributed by atoms with Gasteiger partial charge in [0.2, 0.25) is 5.82 Å². The maximum Gasteiger partial charge on any atom is 0.331 e. The Labute approximate surface area is 77.2 Å². The lowest BCUT2D eigenvalue weighted by molar-refractivity contribution is -0.386. The van der Waals surface area contributed by atoms with Crippen LogP contribution in [0.25, 0.3) is 0 Å². The van der Waals surface area contributed by atoms with Gasteiger partial charge in [-0.1, -0.05) is 0 Å². The predicted molar refractivity (Wildman–Crippen MR) is 44.0 cm³/mol. The molecule has 2 N–H and O–H groups in total. The number of benzene rings is 1. The SMILES string of the molecule is COc1c(F)cc(N)c([N+](=O)[O-])c1F. The Hall–Kier alpha value is -1.92. The summed E-state index contributed by atoms with van der Waals surface area (Å²) in [5, 5.41) is 10.3. The lowest BCUT2D eigenvalue weighted by atomic mass is 10.2. The normalized spacial score (nSPS) is 9.93. The Balaban J connectivity index is 3.52. The molecule has 0 atom stereocenters. The highest BCUT2D eigenvalue weighted by atomic mass is 19.1. The van der Waals surface area contributed by atoms with E-state index in [-0.39, 0.29) is 0 Å². The van der Waals surface area contributed by atoms with Crippen molar-refractivity contribution in [2.24, 2.45) is 0 Å². The zero-order valence-electron chi connectivity index (χ0n) is 7.08. The number of hydrogen-bond donors (Lipinski definition) is 1. The number of methoxy groups -OCH3 is 1. The molecule has 0 aliphatic carbocycles. The van der Waals surface area contributed by atoms with Crippen molar-refractivity contribution in [1.82, 2.24) is 0 Å². The second-order valence-electron chi connectivity index (χ2n) is 2.40. The van der Waals surface area contributed by atoms with Gasteiger partial charge in [0.1, 0.15) is 5.69 Å². The van der Waals surface area contributed by atoms with Crippen LogP contribution in [0.3, 0.4) is 0 Å². The van der Waals surface area contributed by atoms with Gasteiger partial charge in [0.15, 0.2) is 11.6 Å². The third-order valence-corrected chi connectivity index (χ3v) is 1.57. The predicted octanol–water partition coefficient (Wildman–Crippen LogP) is 1.46. The van der Waals surface area contributed by atoms with Gasteiger partial charge < -0.3 is 10.5 Å². The van der Waals surface area contributed by atoms with Gasteiger partial charge in [-0.05, 0) is 0 Å². The van der Waals surface area contributed by atoms with Crippen LogP contribution in [0.1, 0.15) is 0 Å². The van der Waals surface area contributed by atoms with Crippen LogP contribution >= 0.6 is 0 Å². The standard InChI is InChI=1S/C7H6F2N2O3/c1-14-7-3(8)2-4(10)6(5(7)9)11(12)13/h2H,10H2,1H3. The molecule has 0 aromatic heterocycles. The average Bonchev–Trinajstić information content (AvgIpc) is 2.02. The third kappa shape index (κ3) is 1.43. The number of nitrogens with two attached hydrogens (primary N) is 1. The molecule has 1 rings (SSSR count). The molecular weight excluding hydrogens is 198 g/mol. The summed E-state index contributed by atoms with van der Waals surface area (Å²) in [6.45, 7) is 0. The van der Waals surface area contributed by atoms with E-state index in [9.17, 15) is 18.9 Å². The lowest BCUT2D eigenvalue weighted by Gasteiger charge is -2.05. The van der Waals surface area contributed by atoms with Gasteiger partial charge in [-0.15, -0.1) is 0 Å². The molecule has 7 heteroatoms. The summed E-state index contributed by atoms with van der Waals surface area (Å²) in [6.07, 6.45) is 0. The van der Waals surface area contributed by atoms with E-state index in [1.165, 1.54) is 0 Å². The van der Waals surface area contributed by atoms with Crippen molar-refractivity contribution in [3.63, 3.8) is 0 Å². The quantitative estimate of drug-likeness (QED) is 0.449. The molecule has 0 heterocycles. The molecule has 0 fully saturated rings. The highest BCUT2D eigenvalue weighted by Gasteiger charge is 2.26. The number of hydrogen-bond acceptors (Lipinski definition) is 4. The van der Waals surface area contributed by atoms with Gasteiger partial charge in [-0.3, -0.25) is 10.1 Å². The minimum Gasteiger partial charge on any atom is -0.491 e. The Morgan fingerprint density at radius 3 is 2.57 bits per heavy atom. The van der Waals surface area contributed by atoms with E-state index in [0.29, 0.717) is 6.07 Å². The first kappa shape index (κ1) is 10.2. The summed E-state index contributed by atoms with van der Waals surface area (Å²) >= 11 is 0. The molecule has 0 unspecified atom stereocenters. The average molecular weight is 204 g/mol. The molecule has 0 aliphatic rings. The van der Waals surface area contributed by atoms with Crippen LogP contribution in [0.15, 0.2) is 6.07 Å². The highest BCUT2D eigenvalue weighted by Crippen LogP contribution is 2.34. The van der Waals surface area contributed by atoms with Crippen molar-refractivity contribution in [2.45, 2.75) is 0 Å². The maximum atomic E-state index is 13.2. The van der Waals surface area contributed by atoms with Crippen molar-refractivity contribution in [1.29, 1.82) is 0 Å². The second-order valence-corrected chi connectivity index (χ2v) is 2.40. The molecule has 14 heavy (non-hydrogen) atoms. The van der Waals surface area contributed by atoms with E-state index in [0.717, 1.165) is 7.11 Å². The summed E-state index contributed by atoms with van der Waals surface area (Å²) in [4.78, 5) is 9.29. The van der Waals surface area contributed by atoms with Crippen LogP contribution in [0.5, 0.6) is 5.75 Å². The van der Waals surface area contributed by atoms with Gasteiger partial charge >= 0.3 is 5.69 Å². The fourth-order valence-corrected chi connectivity index (χ4v) is 0.982. The van der Waals surface area contributed by atoms with Crippen LogP contribution in [0.4, 0.5) is 20.2 Å². The van der Waals surface area contributed by atoms with Crippen molar-refractivity contribution in [3.05, 3.63) is 27.8 Å². The Bertz CT molecular complexity index is 395. The largest absolute Gasteiger partial charge is 0.491 e. The van der Waals surface area contributed by atoms with Gasteiger partial charge in [0.05, 0.1) is 12.0 Å². The number of nitro groups is 1. The molecule has 0 aliphatic heterocycles. The number of rotatable bonds is 2. The molecule has 0 amide bonds. The molecule has 1 aromatic rings. The first-order valence-electron chi connectivity index (χ1n) is 3.45. The van der Waals surface area contributed by atoms with E-state index >= 15 is 0 Å². The fourth-order valence-electron chi connectivity index (χ4n) is 0.982. The Kier molecular flexibility index (Phi) is 2.50. The van der Waals surface area contributed by atoms with Gasteiger partial charge in [0.25, 0.3) is 0 Å². The summed E-state index contributed by atoms with van der Waals surface area (Å²) in [5.74, 6) is -3.30. The van der Waals surface area contributed by atoms with Crippen LogP contribution in [-0.4, -0.2) is 12.0 Å². The minimum atomic E-state index is -1.41. The van der Waals surface area contributed by atoms with E-state index in [2.05, 4.69) is 4.74 Å². The summed E-state index contributed by atoms with van der Waals surface area (Å²) in [6, 6.07) is 0.639. The van der Waals surface area contributed by atoms with Crippen molar-refractivity contribution in [3.8, 4) is 5.75 Å². The zero-order chi connectivity index (χ0) is 10.9. The summed E-state index contributed by atoms with van der Waals surface area (Å²) in [5.41, 5.74) is 3.51. The molecule has 1 aromatic carbocycles. The number of nitrogens with zero attached hydrogens (tertiary/aromatic N) is 1. The number of anilines is 1. The lowest BCUT2D eigenvalue weighted by Crippen LogP contribution is -2.03. The Morgan fingerprint density at radius 2 is 2.14 bits per heavy atom. The summed E-state index contributed by atoms with van der Waals surface area (Å²) < 4.78 is 30.4. The first-order chi connectivity index (χ1) is 6.49. The number of nitrogen functional groups attached to an aromatic ring is 1. The van der Waals surface area contributed by atoms with Gasteiger partial charge in [-0.25, -0.2) is 4.39 Å². The number of nitro benzene ring substituents is 1. The van der Waals surface area contributed by atoms with E-state index in [1.807, 2.05) is 0 Å². The van der Waals surface area contributed by atoms with Gasteiger partial charge in [0, 0.05) is 6.07 Å². The Morgan fingerprint density at radius 1 is 1.57 bits per heavy atom. The van der Waals surface area contributed by atoms with Crippen molar-refractivity contribution in [2.75, 3.05) is 12.8 Å². The summed E-state index contributed by atoms with van der Waals surface area (Å²) in [7, 11) is 1.00. The molecule has 0 spiro atoms. The monoisotopic (exact) mass is 204 g/mol. The molecule has 76 valence electrons. The highest BCUT2D eigenvalue weighted by molar-refractivity contribution is 5.62. The maximum absolute atomic E-state index is 13.2. The smallest absolute Gasteiger partial charge is 0.331 e. The molecule has 0 saturated heterocycles. The van der Waals surface area contributed by atoms with Crippen LogP contribution in [-0.2, 0) is 0 Å². The molecule has 0 saturated carbocycles. The zero-order valence-corrected chi connectivity index (χ0v) is 7.08. The van der Waals surface area contributed by atoms with Crippen molar-refractivity contribution < 1.29 is 18.4 Å². The molecule has 0 radical (unpaired) electrons.